The maximum absolute atomic E-state index is 11.9. The number of amides is 1. The number of aromatic nitrogens is 1. The number of pyridine rings is 1. The second-order valence-corrected chi connectivity index (χ2v) is 4.65. The number of nitrogens with zero attached hydrogens (tertiary/aromatic N) is 1. The summed E-state index contributed by atoms with van der Waals surface area (Å²) in [6.45, 7) is 3.25. The molecule has 0 aliphatic heterocycles. The lowest BCUT2D eigenvalue weighted by Gasteiger charge is -2.04. The maximum atomic E-state index is 11.9. The zero-order valence-corrected chi connectivity index (χ0v) is 10.4. The van der Waals surface area contributed by atoms with Gasteiger partial charge in [0.15, 0.2) is 0 Å². The number of carbonyl (C=O) groups is 1. The van der Waals surface area contributed by atoms with Crippen LogP contribution in [0.2, 0.25) is 0 Å². The molecule has 1 fully saturated rings. The average molecular weight is 243 g/mol. The zero-order chi connectivity index (χ0) is 13.0. The first-order valence-electron chi connectivity index (χ1n) is 6.13. The van der Waals surface area contributed by atoms with E-state index in [0.29, 0.717) is 23.6 Å². The van der Waals surface area contributed by atoms with Crippen molar-refractivity contribution in [2.75, 3.05) is 13.1 Å². The summed E-state index contributed by atoms with van der Waals surface area (Å²) < 4.78 is 0. The Labute approximate surface area is 107 Å². The molecule has 0 spiro atoms. The largest absolute Gasteiger partial charge is 0.352 e. The molecular weight excluding hydrogens is 226 g/mol. The zero-order valence-electron chi connectivity index (χ0n) is 10.4. The van der Waals surface area contributed by atoms with Gasteiger partial charge in [0.05, 0.1) is 12.1 Å². The predicted molar refractivity (Wildman–Crippen MR) is 69.8 cm³/mol. The maximum Gasteiger partial charge on any atom is 0.252 e. The Morgan fingerprint density at radius 3 is 3.06 bits per heavy atom. The quantitative estimate of drug-likeness (QED) is 0.771. The van der Waals surface area contributed by atoms with E-state index >= 15 is 0 Å². The van der Waals surface area contributed by atoms with Crippen molar-refractivity contribution in [3.8, 4) is 11.8 Å². The van der Waals surface area contributed by atoms with Crippen LogP contribution in [-0.2, 0) is 0 Å². The van der Waals surface area contributed by atoms with Gasteiger partial charge < -0.3 is 11.1 Å². The van der Waals surface area contributed by atoms with Crippen molar-refractivity contribution < 1.29 is 4.79 Å². The molecule has 3 N–H and O–H groups in total. The monoisotopic (exact) mass is 243 g/mol. The Balaban J connectivity index is 1.96. The van der Waals surface area contributed by atoms with Crippen molar-refractivity contribution in [2.45, 2.75) is 13.3 Å². The molecule has 4 heteroatoms. The van der Waals surface area contributed by atoms with E-state index < -0.39 is 0 Å². The molecule has 4 nitrogen and oxygen atoms in total. The van der Waals surface area contributed by atoms with Crippen LogP contribution in [0.4, 0.5) is 0 Å². The predicted octanol–water partition coefficient (Wildman–Crippen LogP) is 0.778. The van der Waals surface area contributed by atoms with Gasteiger partial charge in [0, 0.05) is 24.5 Å². The minimum Gasteiger partial charge on any atom is -0.352 e. The van der Waals surface area contributed by atoms with Crippen LogP contribution in [0.3, 0.4) is 0 Å². The number of carbonyl (C=O) groups excluding carboxylic acids is 1. The third kappa shape index (κ3) is 3.31. The minimum absolute atomic E-state index is 0.0852. The van der Waals surface area contributed by atoms with Gasteiger partial charge in [-0.05, 0) is 24.3 Å². The van der Waals surface area contributed by atoms with E-state index in [1.54, 1.807) is 18.5 Å². The van der Waals surface area contributed by atoms with Gasteiger partial charge in [-0.25, -0.2) is 0 Å². The molecule has 1 aromatic heterocycles. The number of hydrogen-bond acceptors (Lipinski definition) is 3. The van der Waals surface area contributed by atoms with Crippen molar-refractivity contribution in [3.05, 3.63) is 29.6 Å². The summed E-state index contributed by atoms with van der Waals surface area (Å²) in [5.41, 5.74) is 6.57. The standard InChI is InChI=1S/C14H17N3O/c1-10-5-12(10)9-17-14(18)13-6-11(3-2-4-15)7-16-8-13/h6-8,10,12H,4-5,9,15H2,1H3,(H,17,18). The molecule has 1 aliphatic carbocycles. The summed E-state index contributed by atoms with van der Waals surface area (Å²) >= 11 is 0. The van der Waals surface area contributed by atoms with Gasteiger partial charge in [0.25, 0.3) is 5.91 Å². The molecule has 2 unspecified atom stereocenters. The van der Waals surface area contributed by atoms with Crippen molar-refractivity contribution in [1.29, 1.82) is 0 Å². The van der Waals surface area contributed by atoms with Gasteiger partial charge in [-0.3, -0.25) is 9.78 Å². The number of nitrogens with two attached hydrogens (primary N) is 1. The Morgan fingerprint density at radius 1 is 1.61 bits per heavy atom. The molecule has 2 rings (SSSR count). The summed E-state index contributed by atoms with van der Waals surface area (Å²) in [4.78, 5) is 15.9. The molecule has 1 heterocycles. The summed E-state index contributed by atoms with van der Waals surface area (Å²) in [6.07, 6.45) is 4.39. The minimum atomic E-state index is -0.0852. The number of rotatable bonds is 3. The summed E-state index contributed by atoms with van der Waals surface area (Å²) in [6, 6.07) is 1.74. The lowest BCUT2D eigenvalue weighted by molar-refractivity contribution is 0.0951. The van der Waals surface area contributed by atoms with Crippen LogP contribution >= 0.6 is 0 Å². The van der Waals surface area contributed by atoms with Gasteiger partial charge in [0.2, 0.25) is 0 Å². The molecule has 1 saturated carbocycles. The highest BCUT2D eigenvalue weighted by Gasteiger charge is 2.32. The molecule has 0 aromatic carbocycles. The van der Waals surface area contributed by atoms with E-state index in [0.717, 1.165) is 12.5 Å². The van der Waals surface area contributed by atoms with E-state index in [-0.39, 0.29) is 5.91 Å². The van der Waals surface area contributed by atoms with E-state index in [1.165, 1.54) is 6.42 Å². The third-order valence-corrected chi connectivity index (χ3v) is 3.14. The van der Waals surface area contributed by atoms with E-state index in [2.05, 4.69) is 29.1 Å². The molecule has 1 amide bonds. The molecule has 2 atom stereocenters. The van der Waals surface area contributed by atoms with Crippen molar-refractivity contribution in [2.24, 2.45) is 17.6 Å². The second kappa shape index (κ2) is 5.65. The Kier molecular flexibility index (Phi) is 3.96. The van der Waals surface area contributed by atoms with Crippen LogP contribution < -0.4 is 11.1 Å². The molecule has 1 aromatic rings. The highest BCUT2D eigenvalue weighted by atomic mass is 16.1. The lowest BCUT2D eigenvalue weighted by Crippen LogP contribution is -2.26. The van der Waals surface area contributed by atoms with Crippen LogP contribution in [0.1, 0.15) is 29.3 Å². The normalized spacial score (nSPS) is 20.8. The Hall–Kier alpha value is -1.86. The molecular formula is C14H17N3O. The third-order valence-electron chi connectivity index (χ3n) is 3.14. The van der Waals surface area contributed by atoms with E-state index in [9.17, 15) is 4.79 Å². The van der Waals surface area contributed by atoms with Crippen LogP contribution in [0.15, 0.2) is 18.5 Å². The number of nitrogens with one attached hydrogen (secondary N) is 1. The first kappa shape index (κ1) is 12.6. The second-order valence-electron chi connectivity index (χ2n) is 4.65. The summed E-state index contributed by atoms with van der Waals surface area (Å²) in [7, 11) is 0. The van der Waals surface area contributed by atoms with Gasteiger partial charge >= 0.3 is 0 Å². The van der Waals surface area contributed by atoms with Crippen LogP contribution in [-0.4, -0.2) is 24.0 Å². The number of hydrogen-bond donors (Lipinski definition) is 2. The van der Waals surface area contributed by atoms with Crippen LogP contribution in [0.25, 0.3) is 0 Å². The van der Waals surface area contributed by atoms with Crippen molar-refractivity contribution >= 4 is 5.91 Å². The molecule has 1 aliphatic rings. The Bertz CT molecular complexity index is 501. The fourth-order valence-electron chi connectivity index (χ4n) is 1.79. The SMILES string of the molecule is CC1CC1CNC(=O)c1cncc(C#CCN)c1. The molecule has 0 saturated heterocycles. The summed E-state index contributed by atoms with van der Waals surface area (Å²) in [5.74, 6) is 6.91. The van der Waals surface area contributed by atoms with Crippen molar-refractivity contribution in [1.82, 2.24) is 10.3 Å². The van der Waals surface area contributed by atoms with E-state index in [4.69, 9.17) is 5.73 Å². The van der Waals surface area contributed by atoms with E-state index in [1.807, 2.05) is 0 Å². The molecule has 0 radical (unpaired) electrons. The molecule has 94 valence electrons. The molecule has 0 bridgehead atoms. The smallest absolute Gasteiger partial charge is 0.252 e. The van der Waals surface area contributed by atoms with Gasteiger partial charge in [0.1, 0.15) is 0 Å². The van der Waals surface area contributed by atoms with Gasteiger partial charge in [-0.15, -0.1) is 0 Å². The van der Waals surface area contributed by atoms with Gasteiger partial charge in [-0.1, -0.05) is 18.8 Å². The molecule has 18 heavy (non-hydrogen) atoms. The average Bonchev–Trinajstić information content (AvgIpc) is 3.10. The first-order valence-corrected chi connectivity index (χ1v) is 6.13. The lowest BCUT2D eigenvalue weighted by atomic mass is 10.2. The first-order chi connectivity index (χ1) is 8.70. The van der Waals surface area contributed by atoms with Crippen LogP contribution in [0, 0.1) is 23.7 Å². The fourth-order valence-corrected chi connectivity index (χ4v) is 1.79. The van der Waals surface area contributed by atoms with Crippen LogP contribution in [0.5, 0.6) is 0 Å². The summed E-state index contributed by atoms with van der Waals surface area (Å²) in [5, 5.41) is 2.92. The van der Waals surface area contributed by atoms with Crippen molar-refractivity contribution in [3.63, 3.8) is 0 Å². The fraction of sp³-hybridized carbons (Fsp3) is 0.429. The van der Waals surface area contributed by atoms with Gasteiger partial charge in [-0.2, -0.15) is 0 Å². The Morgan fingerprint density at radius 2 is 2.39 bits per heavy atom. The highest BCUT2D eigenvalue weighted by Crippen LogP contribution is 2.36. The highest BCUT2D eigenvalue weighted by molar-refractivity contribution is 5.94. The topological polar surface area (TPSA) is 68.0 Å².